The molecule has 0 spiro atoms. The standard InChI is InChI=1S/C11H19NO/c1-6-10(9(5)8(3)4)12-11(13)7-2/h7,10H,2,6H2,1,3-5H3,(H,12,13). The maximum Gasteiger partial charge on any atom is 0.243 e. The van der Waals surface area contributed by atoms with Crippen LogP contribution in [0, 0.1) is 0 Å². The second kappa shape index (κ2) is 5.57. The van der Waals surface area contributed by atoms with Gasteiger partial charge in [0.2, 0.25) is 5.91 Å². The Morgan fingerprint density at radius 3 is 2.31 bits per heavy atom. The molecule has 0 aliphatic carbocycles. The molecule has 1 N–H and O–H groups in total. The molecule has 74 valence electrons. The summed E-state index contributed by atoms with van der Waals surface area (Å²) in [7, 11) is 0. The van der Waals surface area contributed by atoms with E-state index in [1.54, 1.807) is 0 Å². The van der Waals surface area contributed by atoms with Crippen molar-refractivity contribution in [1.29, 1.82) is 0 Å². The van der Waals surface area contributed by atoms with Crippen molar-refractivity contribution in [2.45, 2.75) is 40.2 Å². The highest BCUT2D eigenvalue weighted by Gasteiger charge is 2.10. The number of hydrogen-bond donors (Lipinski definition) is 1. The van der Waals surface area contributed by atoms with Gasteiger partial charge < -0.3 is 5.32 Å². The third-order valence-electron chi connectivity index (χ3n) is 2.22. The highest BCUT2D eigenvalue weighted by molar-refractivity contribution is 5.87. The molecule has 1 atom stereocenters. The quantitative estimate of drug-likeness (QED) is 0.524. The lowest BCUT2D eigenvalue weighted by Crippen LogP contribution is -2.34. The number of rotatable bonds is 4. The summed E-state index contributed by atoms with van der Waals surface area (Å²) < 4.78 is 0. The number of carbonyl (C=O) groups is 1. The summed E-state index contributed by atoms with van der Waals surface area (Å²) in [4.78, 5) is 11.1. The normalized spacial score (nSPS) is 11.7. The summed E-state index contributed by atoms with van der Waals surface area (Å²) in [5.41, 5.74) is 2.49. The van der Waals surface area contributed by atoms with Crippen LogP contribution >= 0.6 is 0 Å². The lowest BCUT2D eigenvalue weighted by Gasteiger charge is -2.18. The van der Waals surface area contributed by atoms with E-state index in [1.807, 2.05) is 6.92 Å². The van der Waals surface area contributed by atoms with Gasteiger partial charge >= 0.3 is 0 Å². The van der Waals surface area contributed by atoms with Gasteiger partial charge in [-0.1, -0.05) is 24.6 Å². The summed E-state index contributed by atoms with van der Waals surface area (Å²) in [5, 5.41) is 2.88. The zero-order chi connectivity index (χ0) is 10.4. The average Bonchev–Trinajstić information content (AvgIpc) is 2.12. The van der Waals surface area contributed by atoms with E-state index in [0.717, 1.165) is 6.42 Å². The van der Waals surface area contributed by atoms with Gasteiger partial charge in [-0.2, -0.15) is 0 Å². The van der Waals surface area contributed by atoms with Crippen LogP contribution in [0.15, 0.2) is 23.8 Å². The van der Waals surface area contributed by atoms with Crippen molar-refractivity contribution in [3.8, 4) is 0 Å². The monoisotopic (exact) mass is 181 g/mol. The molecule has 0 saturated heterocycles. The molecule has 2 heteroatoms. The van der Waals surface area contributed by atoms with E-state index in [1.165, 1.54) is 17.2 Å². The molecule has 0 aromatic carbocycles. The third kappa shape index (κ3) is 3.92. The van der Waals surface area contributed by atoms with Gasteiger partial charge in [0.15, 0.2) is 0 Å². The van der Waals surface area contributed by atoms with E-state index in [0.29, 0.717) is 0 Å². The van der Waals surface area contributed by atoms with Crippen molar-refractivity contribution in [2.24, 2.45) is 0 Å². The van der Waals surface area contributed by atoms with E-state index in [9.17, 15) is 4.79 Å². The third-order valence-corrected chi connectivity index (χ3v) is 2.22. The van der Waals surface area contributed by atoms with Gasteiger partial charge in [-0.15, -0.1) is 0 Å². The van der Waals surface area contributed by atoms with Crippen molar-refractivity contribution in [3.63, 3.8) is 0 Å². The smallest absolute Gasteiger partial charge is 0.243 e. The maximum atomic E-state index is 11.1. The van der Waals surface area contributed by atoms with Crippen molar-refractivity contribution in [1.82, 2.24) is 5.32 Å². The van der Waals surface area contributed by atoms with Crippen molar-refractivity contribution >= 4 is 5.91 Å². The molecule has 0 aliphatic rings. The second-order valence-corrected chi connectivity index (χ2v) is 3.36. The van der Waals surface area contributed by atoms with E-state index >= 15 is 0 Å². The first-order valence-corrected chi connectivity index (χ1v) is 4.59. The molecule has 0 saturated carbocycles. The first kappa shape index (κ1) is 11.9. The summed E-state index contributed by atoms with van der Waals surface area (Å²) in [6, 6.07) is 0.149. The topological polar surface area (TPSA) is 29.1 Å². The van der Waals surface area contributed by atoms with E-state index in [2.05, 4.69) is 32.7 Å². The Balaban J connectivity index is 4.44. The molecule has 0 bridgehead atoms. The fourth-order valence-corrected chi connectivity index (χ4v) is 1.10. The minimum Gasteiger partial charge on any atom is -0.346 e. The van der Waals surface area contributed by atoms with Gasteiger partial charge in [0.05, 0.1) is 6.04 Å². The molecule has 2 nitrogen and oxygen atoms in total. The predicted octanol–water partition coefficient (Wildman–Crippen LogP) is 2.42. The molecule has 0 fully saturated rings. The Morgan fingerprint density at radius 2 is 2.00 bits per heavy atom. The Morgan fingerprint density at radius 1 is 1.46 bits per heavy atom. The first-order valence-electron chi connectivity index (χ1n) is 4.59. The molecule has 0 aliphatic heterocycles. The van der Waals surface area contributed by atoms with Gasteiger partial charge in [-0.3, -0.25) is 4.79 Å². The van der Waals surface area contributed by atoms with Crippen LogP contribution in [0.4, 0.5) is 0 Å². The van der Waals surface area contributed by atoms with E-state index in [4.69, 9.17) is 0 Å². The maximum absolute atomic E-state index is 11.1. The molecular weight excluding hydrogens is 162 g/mol. The van der Waals surface area contributed by atoms with E-state index < -0.39 is 0 Å². The minimum atomic E-state index is -0.104. The number of nitrogens with one attached hydrogen (secondary N) is 1. The molecule has 0 heterocycles. The van der Waals surface area contributed by atoms with Gasteiger partial charge in [0.25, 0.3) is 0 Å². The summed E-state index contributed by atoms with van der Waals surface area (Å²) in [5.74, 6) is -0.104. The first-order chi connectivity index (χ1) is 6.02. The lowest BCUT2D eigenvalue weighted by atomic mass is 10.0. The van der Waals surface area contributed by atoms with Crippen LogP contribution in [-0.4, -0.2) is 11.9 Å². The van der Waals surface area contributed by atoms with Crippen molar-refractivity contribution < 1.29 is 4.79 Å². The van der Waals surface area contributed by atoms with Crippen LogP contribution in [0.25, 0.3) is 0 Å². The molecule has 0 radical (unpaired) electrons. The van der Waals surface area contributed by atoms with Crippen molar-refractivity contribution in [3.05, 3.63) is 23.8 Å². The summed E-state index contributed by atoms with van der Waals surface area (Å²) >= 11 is 0. The Hall–Kier alpha value is -1.05. The van der Waals surface area contributed by atoms with Crippen LogP contribution in [-0.2, 0) is 4.79 Å². The molecule has 1 amide bonds. The summed E-state index contributed by atoms with van der Waals surface area (Å²) in [6.45, 7) is 11.6. The minimum absolute atomic E-state index is 0.104. The number of carbonyl (C=O) groups excluding carboxylic acids is 1. The van der Waals surface area contributed by atoms with Crippen LogP contribution in [0.3, 0.4) is 0 Å². The average molecular weight is 181 g/mol. The van der Waals surface area contributed by atoms with Crippen LogP contribution in [0.1, 0.15) is 34.1 Å². The fourth-order valence-electron chi connectivity index (χ4n) is 1.10. The SMILES string of the molecule is C=CC(=O)NC(CC)C(C)=C(C)C. The highest BCUT2D eigenvalue weighted by Crippen LogP contribution is 2.10. The van der Waals surface area contributed by atoms with Crippen LogP contribution in [0.5, 0.6) is 0 Å². The molecular formula is C11H19NO. The number of hydrogen-bond acceptors (Lipinski definition) is 1. The number of allylic oxidation sites excluding steroid dienone is 1. The molecule has 1 unspecified atom stereocenters. The molecule has 13 heavy (non-hydrogen) atoms. The zero-order valence-corrected chi connectivity index (χ0v) is 8.98. The Kier molecular flexibility index (Phi) is 5.12. The molecule has 0 rings (SSSR count). The van der Waals surface area contributed by atoms with Crippen molar-refractivity contribution in [2.75, 3.05) is 0 Å². The van der Waals surface area contributed by atoms with Crippen LogP contribution < -0.4 is 5.32 Å². The van der Waals surface area contributed by atoms with Gasteiger partial charge in [0.1, 0.15) is 0 Å². The zero-order valence-electron chi connectivity index (χ0n) is 8.98. The van der Waals surface area contributed by atoms with Gasteiger partial charge in [-0.25, -0.2) is 0 Å². The largest absolute Gasteiger partial charge is 0.346 e. The highest BCUT2D eigenvalue weighted by atomic mass is 16.1. The Labute approximate surface area is 80.7 Å². The summed E-state index contributed by atoms with van der Waals surface area (Å²) in [6.07, 6.45) is 2.22. The van der Waals surface area contributed by atoms with Gasteiger partial charge in [-0.05, 0) is 33.3 Å². The molecule has 0 aromatic rings. The molecule has 0 aromatic heterocycles. The number of amides is 1. The predicted molar refractivity (Wildman–Crippen MR) is 56.5 cm³/mol. The van der Waals surface area contributed by atoms with Gasteiger partial charge in [0, 0.05) is 0 Å². The Bertz CT molecular complexity index is 224. The van der Waals surface area contributed by atoms with Crippen LogP contribution in [0.2, 0.25) is 0 Å². The fraction of sp³-hybridized carbons (Fsp3) is 0.545. The lowest BCUT2D eigenvalue weighted by molar-refractivity contribution is -0.116. The van der Waals surface area contributed by atoms with E-state index in [-0.39, 0.29) is 11.9 Å². The second-order valence-electron chi connectivity index (χ2n) is 3.36.